The summed E-state index contributed by atoms with van der Waals surface area (Å²) in [5.41, 5.74) is 4.64. The van der Waals surface area contributed by atoms with Gasteiger partial charge in [-0.05, 0) is 36.3 Å². The van der Waals surface area contributed by atoms with E-state index in [4.69, 9.17) is 0 Å². The molecule has 0 amide bonds. The fraction of sp³-hybridized carbons (Fsp3) is 0.429. The largest absolute Gasteiger partial charge is 0.345 e. The van der Waals surface area contributed by atoms with E-state index in [0.29, 0.717) is 5.41 Å². The molecule has 88 valence electrons. The molecule has 3 nitrogen and oxygen atoms in total. The van der Waals surface area contributed by atoms with Crippen molar-refractivity contribution in [3.8, 4) is 0 Å². The van der Waals surface area contributed by atoms with E-state index in [0.717, 1.165) is 29.7 Å². The second-order valence-corrected chi connectivity index (χ2v) is 5.56. The fourth-order valence-corrected chi connectivity index (χ4v) is 2.29. The van der Waals surface area contributed by atoms with Crippen molar-refractivity contribution in [2.75, 3.05) is 0 Å². The molecule has 0 saturated carbocycles. The van der Waals surface area contributed by atoms with Crippen LogP contribution in [0.4, 0.5) is 0 Å². The standard InChI is InChI=1S/C14H17N3/c1-14(2)6-3-10(4-7-14)12-9-16-13-11(17-12)5-8-15-13/h3,5,8-9H,4,6-7H2,1-2H3,(H,15,16). The van der Waals surface area contributed by atoms with Crippen molar-refractivity contribution in [1.82, 2.24) is 15.0 Å². The summed E-state index contributed by atoms with van der Waals surface area (Å²) in [4.78, 5) is 12.1. The van der Waals surface area contributed by atoms with Gasteiger partial charge in [0, 0.05) is 6.20 Å². The second kappa shape index (κ2) is 3.69. The molecule has 1 N–H and O–H groups in total. The third-order valence-corrected chi connectivity index (χ3v) is 3.56. The van der Waals surface area contributed by atoms with Crippen molar-refractivity contribution in [2.24, 2.45) is 5.41 Å². The van der Waals surface area contributed by atoms with Crippen molar-refractivity contribution < 1.29 is 0 Å². The number of hydrogen-bond donors (Lipinski definition) is 1. The lowest BCUT2D eigenvalue weighted by atomic mass is 9.78. The van der Waals surface area contributed by atoms with Gasteiger partial charge in [0.25, 0.3) is 0 Å². The molecule has 0 spiro atoms. The van der Waals surface area contributed by atoms with Gasteiger partial charge in [-0.1, -0.05) is 19.9 Å². The minimum Gasteiger partial charge on any atom is -0.345 e. The molecular formula is C14H17N3. The number of hydrogen-bond acceptors (Lipinski definition) is 2. The molecule has 3 rings (SSSR count). The Bertz CT molecular complexity index is 578. The number of aromatic nitrogens is 3. The van der Waals surface area contributed by atoms with E-state index in [1.807, 2.05) is 18.5 Å². The summed E-state index contributed by atoms with van der Waals surface area (Å²) in [6, 6.07) is 1.97. The first-order chi connectivity index (χ1) is 8.14. The maximum Gasteiger partial charge on any atom is 0.156 e. The first-order valence-electron chi connectivity index (χ1n) is 6.14. The zero-order valence-corrected chi connectivity index (χ0v) is 10.3. The maximum absolute atomic E-state index is 4.64. The van der Waals surface area contributed by atoms with Gasteiger partial charge in [0.1, 0.15) is 5.52 Å². The second-order valence-electron chi connectivity index (χ2n) is 5.56. The van der Waals surface area contributed by atoms with E-state index in [1.54, 1.807) is 0 Å². The van der Waals surface area contributed by atoms with Crippen LogP contribution in [0.15, 0.2) is 24.5 Å². The Morgan fingerprint density at radius 2 is 2.24 bits per heavy atom. The van der Waals surface area contributed by atoms with Crippen molar-refractivity contribution in [1.29, 1.82) is 0 Å². The van der Waals surface area contributed by atoms with E-state index >= 15 is 0 Å². The Labute approximate surface area is 101 Å². The first kappa shape index (κ1) is 10.5. The fourth-order valence-electron chi connectivity index (χ4n) is 2.29. The van der Waals surface area contributed by atoms with Gasteiger partial charge in [0.2, 0.25) is 0 Å². The van der Waals surface area contributed by atoms with E-state index in [2.05, 4.69) is 34.9 Å². The molecule has 17 heavy (non-hydrogen) atoms. The molecule has 0 aromatic carbocycles. The van der Waals surface area contributed by atoms with Gasteiger partial charge in [-0.15, -0.1) is 0 Å². The average Bonchev–Trinajstić information content (AvgIpc) is 2.76. The Morgan fingerprint density at radius 1 is 1.35 bits per heavy atom. The van der Waals surface area contributed by atoms with Gasteiger partial charge in [-0.25, -0.2) is 9.97 Å². The van der Waals surface area contributed by atoms with E-state index < -0.39 is 0 Å². The quantitative estimate of drug-likeness (QED) is 0.809. The number of allylic oxidation sites excluding steroid dienone is 2. The van der Waals surface area contributed by atoms with Gasteiger partial charge in [-0.3, -0.25) is 0 Å². The molecule has 1 aliphatic rings. The third-order valence-electron chi connectivity index (χ3n) is 3.56. The van der Waals surface area contributed by atoms with Crippen LogP contribution < -0.4 is 0 Å². The van der Waals surface area contributed by atoms with Crippen LogP contribution in [0.25, 0.3) is 16.7 Å². The predicted octanol–water partition coefficient (Wildman–Crippen LogP) is 3.55. The number of aromatic amines is 1. The minimum atomic E-state index is 0.440. The van der Waals surface area contributed by atoms with Crippen LogP contribution in [-0.2, 0) is 0 Å². The first-order valence-corrected chi connectivity index (χ1v) is 6.14. The predicted molar refractivity (Wildman–Crippen MR) is 69.5 cm³/mol. The van der Waals surface area contributed by atoms with Crippen molar-refractivity contribution in [3.05, 3.63) is 30.2 Å². The molecule has 2 heterocycles. The number of rotatable bonds is 1. The molecular weight excluding hydrogens is 210 g/mol. The SMILES string of the molecule is CC1(C)CC=C(c2cnc3[nH]ccc3n2)CC1. The molecule has 0 aliphatic heterocycles. The zero-order valence-electron chi connectivity index (χ0n) is 10.3. The summed E-state index contributed by atoms with van der Waals surface area (Å²) in [6.45, 7) is 4.64. The summed E-state index contributed by atoms with van der Waals surface area (Å²) in [6.07, 6.45) is 9.56. The molecule has 2 aromatic rings. The highest BCUT2D eigenvalue weighted by atomic mass is 14.9. The molecule has 0 atom stereocenters. The number of fused-ring (bicyclic) bond motifs is 1. The summed E-state index contributed by atoms with van der Waals surface area (Å²) < 4.78 is 0. The summed E-state index contributed by atoms with van der Waals surface area (Å²) in [7, 11) is 0. The van der Waals surface area contributed by atoms with Crippen LogP contribution in [0.3, 0.4) is 0 Å². The van der Waals surface area contributed by atoms with Crippen LogP contribution in [0.5, 0.6) is 0 Å². The van der Waals surface area contributed by atoms with E-state index in [-0.39, 0.29) is 0 Å². The summed E-state index contributed by atoms with van der Waals surface area (Å²) >= 11 is 0. The van der Waals surface area contributed by atoms with Gasteiger partial charge in [0.05, 0.1) is 11.9 Å². The summed E-state index contributed by atoms with van der Waals surface area (Å²) in [5, 5.41) is 0. The Balaban J connectivity index is 1.96. The Kier molecular flexibility index (Phi) is 2.28. The number of nitrogens with one attached hydrogen (secondary N) is 1. The molecule has 1 aliphatic carbocycles. The molecule has 0 radical (unpaired) electrons. The van der Waals surface area contributed by atoms with E-state index in [1.165, 1.54) is 12.0 Å². The molecule has 0 fully saturated rings. The van der Waals surface area contributed by atoms with Crippen molar-refractivity contribution >= 4 is 16.7 Å². The molecule has 0 saturated heterocycles. The summed E-state index contributed by atoms with van der Waals surface area (Å²) in [5.74, 6) is 0. The van der Waals surface area contributed by atoms with Crippen LogP contribution in [0.2, 0.25) is 0 Å². The molecule has 0 bridgehead atoms. The Morgan fingerprint density at radius 3 is 3.00 bits per heavy atom. The topological polar surface area (TPSA) is 41.6 Å². The highest BCUT2D eigenvalue weighted by Gasteiger charge is 2.22. The number of nitrogens with zero attached hydrogens (tertiary/aromatic N) is 2. The lowest BCUT2D eigenvalue weighted by molar-refractivity contribution is 0.334. The smallest absolute Gasteiger partial charge is 0.156 e. The highest BCUT2D eigenvalue weighted by Crippen LogP contribution is 2.37. The average molecular weight is 227 g/mol. The highest BCUT2D eigenvalue weighted by molar-refractivity contribution is 5.74. The van der Waals surface area contributed by atoms with Gasteiger partial charge in [0.15, 0.2) is 5.65 Å². The zero-order chi connectivity index (χ0) is 11.9. The molecule has 3 heteroatoms. The Hall–Kier alpha value is -1.64. The van der Waals surface area contributed by atoms with Crippen molar-refractivity contribution in [2.45, 2.75) is 33.1 Å². The lowest BCUT2D eigenvalue weighted by Gasteiger charge is -2.28. The van der Waals surface area contributed by atoms with Gasteiger partial charge >= 0.3 is 0 Å². The maximum atomic E-state index is 4.64. The van der Waals surface area contributed by atoms with Crippen LogP contribution in [0.1, 0.15) is 38.8 Å². The molecule has 0 unspecified atom stereocenters. The van der Waals surface area contributed by atoms with Crippen LogP contribution in [-0.4, -0.2) is 15.0 Å². The van der Waals surface area contributed by atoms with Gasteiger partial charge < -0.3 is 4.98 Å². The molecule has 2 aromatic heterocycles. The van der Waals surface area contributed by atoms with Crippen LogP contribution in [0, 0.1) is 5.41 Å². The van der Waals surface area contributed by atoms with Crippen LogP contribution >= 0.6 is 0 Å². The third kappa shape index (κ3) is 1.97. The number of H-pyrrole nitrogens is 1. The monoisotopic (exact) mass is 227 g/mol. The minimum absolute atomic E-state index is 0.440. The van der Waals surface area contributed by atoms with Gasteiger partial charge in [-0.2, -0.15) is 0 Å². The lowest BCUT2D eigenvalue weighted by Crippen LogP contribution is -2.14. The normalized spacial score (nSPS) is 19.3. The van der Waals surface area contributed by atoms with Crippen molar-refractivity contribution in [3.63, 3.8) is 0 Å². The van der Waals surface area contributed by atoms with E-state index in [9.17, 15) is 0 Å².